The second-order valence-corrected chi connectivity index (χ2v) is 8.47. The van der Waals surface area contributed by atoms with E-state index in [1.54, 1.807) is 29.2 Å². The second kappa shape index (κ2) is 9.15. The van der Waals surface area contributed by atoms with Crippen molar-refractivity contribution in [3.8, 4) is 0 Å². The van der Waals surface area contributed by atoms with Crippen LogP contribution in [-0.2, 0) is 19.6 Å². The summed E-state index contributed by atoms with van der Waals surface area (Å²) in [6.07, 6.45) is 1.86. The molecule has 0 aromatic heterocycles. The molecular formula is C20H22FN3O4S. The fraction of sp³-hybridized carbons (Fsp3) is 0.300. The van der Waals surface area contributed by atoms with Crippen molar-refractivity contribution in [3.63, 3.8) is 0 Å². The van der Waals surface area contributed by atoms with Crippen LogP contribution in [0.25, 0.3) is 0 Å². The number of hydrogen-bond acceptors (Lipinski definition) is 4. The number of amides is 2. The predicted molar refractivity (Wildman–Crippen MR) is 107 cm³/mol. The molecule has 3 rings (SSSR count). The van der Waals surface area contributed by atoms with E-state index in [1.807, 2.05) is 0 Å². The standard InChI is InChI=1S/C20H22FN3O4S/c21-15-5-11-18(12-6-15)29(27,28)22-13-1-3-19(25)23-16-7-9-17(10-8-16)24-14-2-4-20(24)26/h5-12,22H,1-4,13-14H2,(H,23,25). The van der Waals surface area contributed by atoms with E-state index in [0.717, 1.165) is 24.2 Å². The molecule has 154 valence electrons. The maximum Gasteiger partial charge on any atom is 0.240 e. The SMILES string of the molecule is O=C(CCCNS(=O)(=O)c1ccc(F)cc1)Nc1ccc(N2CCCC2=O)cc1. The maximum atomic E-state index is 12.9. The summed E-state index contributed by atoms with van der Waals surface area (Å²) in [6, 6.07) is 11.6. The zero-order valence-electron chi connectivity index (χ0n) is 15.7. The van der Waals surface area contributed by atoms with Gasteiger partial charge in [0, 0.05) is 37.3 Å². The Morgan fingerprint density at radius 3 is 2.38 bits per heavy atom. The van der Waals surface area contributed by atoms with E-state index in [4.69, 9.17) is 0 Å². The van der Waals surface area contributed by atoms with Gasteiger partial charge in [0.1, 0.15) is 5.82 Å². The summed E-state index contributed by atoms with van der Waals surface area (Å²) in [5, 5.41) is 2.75. The summed E-state index contributed by atoms with van der Waals surface area (Å²) in [5.41, 5.74) is 1.41. The first-order chi connectivity index (χ1) is 13.8. The highest BCUT2D eigenvalue weighted by Gasteiger charge is 2.21. The van der Waals surface area contributed by atoms with Crippen molar-refractivity contribution >= 4 is 33.2 Å². The predicted octanol–water partition coefficient (Wildman–Crippen LogP) is 2.65. The Morgan fingerprint density at radius 2 is 1.76 bits per heavy atom. The lowest BCUT2D eigenvalue weighted by Crippen LogP contribution is -2.25. The number of nitrogens with one attached hydrogen (secondary N) is 2. The van der Waals surface area contributed by atoms with Crippen LogP contribution in [0.4, 0.5) is 15.8 Å². The van der Waals surface area contributed by atoms with E-state index in [9.17, 15) is 22.4 Å². The molecule has 1 aliphatic rings. The van der Waals surface area contributed by atoms with E-state index < -0.39 is 15.8 Å². The minimum absolute atomic E-state index is 0.0278. The maximum absolute atomic E-state index is 12.9. The topological polar surface area (TPSA) is 95.6 Å². The summed E-state index contributed by atoms with van der Waals surface area (Å²) in [7, 11) is -3.73. The first-order valence-corrected chi connectivity index (χ1v) is 10.8. The summed E-state index contributed by atoms with van der Waals surface area (Å²) >= 11 is 0. The molecule has 2 aromatic carbocycles. The van der Waals surface area contributed by atoms with E-state index in [-0.39, 0.29) is 29.7 Å². The average molecular weight is 419 g/mol. The monoisotopic (exact) mass is 419 g/mol. The normalized spacial score (nSPS) is 14.2. The zero-order chi connectivity index (χ0) is 20.9. The van der Waals surface area contributed by atoms with Crippen LogP contribution in [0.3, 0.4) is 0 Å². The number of rotatable bonds is 8. The number of hydrogen-bond donors (Lipinski definition) is 2. The summed E-state index contributed by atoms with van der Waals surface area (Å²) in [5.74, 6) is -0.651. The summed E-state index contributed by atoms with van der Waals surface area (Å²) < 4.78 is 39.4. The minimum atomic E-state index is -3.73. The first-order valence-electron chi connectivity index (χ1n) is 9.31. The van der Waals surface area contributed by atoms with Crippen LogP contribution < -0.4 is 14.9 Å². The van der Waals surface area contributed by atoms with Gasteiger partial charge in [0.2, 0.25) is 21.8 Å². The molecule has 0 atom stereocenters. The summed E-state index contributed by atoms with van der Waals surface area (Å²) in [6.45, 7) is 0.793. The Balaban J connectivity index is 1.43. The van der Waals surface area contributed by atoms with E-state index >= 15 is 0 Å². The molecular weight excluding hydrogens is 397 g/mol. The van der Waals surface area contributed by atoms with E-state index in [2.05, 4.69) is 10.0 Å². The molecule has 1 heterocycles. The van der Waals surface area contributed by atoms with E-state index in [0.29, 0.717) is 25.1 Å². The molecule has 7 nitrogen and oxygen atoms in total. The number of nitrogens with zero attached hydrogens (tertiary/aromatic N) is 1. The van der Waals surface area contributed by atoms with Crippen molar-refractivity contribution in [2.24, 2.45) is 0 Å². The molecule has 1 aliphatic heterocycles. The Labute approximate surface area is 169 Å². The molecule has 1 fully saturated rings. The lowest BCUT2D eigenvalue weighted by molar-refractivity contribution is -0.117. The molecule has 0 aliphatic carbocycles. The molecule has 9 heteroatoms. The van der Waals surface area contributed by atoms with Crippen molar-refractivity contribution in [1.29, 1.82) is 0 Å². The van der Waals surface area contributed by atoms with Gasteiger partial charge in [-0.05, 0) is 61.4 Å². The molecule has 2 amide bonds. The Kier molecular flexibility index (Phi) is 6.60. The summed E-state index contributed by atoms with van der Waals surface area (Å²) in [4.78, 5) is 25.5. The van der Waals surface area contributed by atoms with Crippen molar-refractivity contribution in [3.05, 3.63) is 54.3 Å². The fourth-order valence-corrected chi connectivity index (χ4v) is 4.10. The molecule has 2 aromatic rings. The highest BCUT2D eigenvalue weighted by Crippen LogP contribution is 2.23. The van der Waals surface area contributed by atoms with Gasteiger partial charge in [0.25, 0.3) is 0 Å². The Bertz CT molecular complexity index is 976. The minimum Gasteiger partial charge on any atom is -0.326 e. The molecule has 2 N–H and O–H groups in total. The van der Waals surface area contributed by atoms with Gasteiger partial charge in [-0.15, -0.1) is 0 Å². The number of carbonyl (C=O) groups excluding carboxylic acids is 2. The first kappa shape index (κ1) is 20.9. The van der Waals surface area contributed by atoms with Gasteiger partial charge in [-0.1, -0.05) is 0 Å². The molecule has 29 heavy (non-hydrogen) atoms. The third kappa shape index (κ3) is 5.61. The van der Waals surface area contributed by atoms with Gasteiger partial charge in [0.15, 0.2) is 0 Å². The van der Waals surface area contributed by atoms with Crippen LogP contribution in [0.1, 0.15) is 25.7 Å². The van der Waals surface area contributed by atoms with Crippen LogP contribution in [0.15, 0.2) is 53.4 Å². The largest absolute Gasteiger partial charge is 0.326 e. The van der Waals surface area contributed by atoms with Crippen molar-refractivity contribution < 1.29 is 22.4 Å². The van der Waals surface area contributed by atoms with Crippen LogP contribution in [-0.4, -0.2) is 33.3 Å². The Hall–Kier alpha value is -2.78. The molecule has 0 saturated carbocycles. The molecule has 0 spiro atoms. The fourth-order valence-electron chi connectivity index (χ4n) is 3.02. The number of halogens is 1. The lowest BCUT2D eigenvalue weighted by Gasteiger charge is -2.16. The highest BCUT2D eigenvalue weighted by atomic mass is 32.2. The lowest BCUT2D eigenvalue weighted by atomic mass is 10.2. The molecule has 0 bridgehead atoms. The van der Waals surface area contributed by atoms with Gasteiger partial charge in [-0.25, -0.2) is 17.5 Å². The number of anilines is 2. The van der Waals surface area contributed by atoms with Gasteiger partial charge in [-0.3, -0.25) is 9.59 Å². The van der Waals surface area contributed by atoms with Crippen LogP contribution in [0.2, 0.25) is 0 Å². The molecule has 1 saturated heterocycles. The average Bonchev–Trinajstić information content (AvgIpc) is 3.12. The van der Waals surface area contributed by atoms with Crippen molar-refractivity contribution in [2.75, 3.05) is 23.3 Å². The van der Waals surface area contributed by atoms with Gasteiger partial charge >= 0.3 is 0 Å². The number of sulfonamides is 1. The van der Waals surface area contributed by atoms with Gasteiger partial charge < -0.3 is 10.2 Å². The zero-order valence-corrected chi connectivity index (χ0v) is 16.5. The van der Waals surface area contributed by atoms with Gasteiger partial charge in [0.05, 0.1) is 4.90 Å². The van der Waals surface area contributed by atoms with Gasteiger partial charge in [-0.2, -0.15) is 0 Å². The third-order valence-corrected chi connectivity index (χ3v) is 6.01. The van der Waals surface area contributed by atoms with Crippen LogP contribution >= 0.6 is 0 Å². The van der Waals surface area contributed by atoms with Crippen molar-refractivity contribution in [2.45, 2.75) is 30.6 Å². The molecule has 0 unspecified atom stereocenters. The third-order valence-electron chi connectivity index (χ3n) is 4.53. The quantitative estimate of drug-likeness (QED) is 0.643. The van der Waals surface area contributed by atoms with Crippen molar-refractivity contribution in [1.82, 2.24) is 4.72 Å². The molecule has 0 radical (unpaired) electrons. The second-order valence-electron chi connectivity index (χ2n) is 6.70. The Morgan fingerprint density at radius 1 is 1.07 bits per heavy atom. The van der Waals surface area contributed by atoms with E-state index in [1.165, 1.54) is 12.1 Å². The van der Waals surface area contributed by atoms with Crippen LogP contribution in [0, 0.1) is 5.82 Å². The number of carbonyl (C=O) groups is 2. The smallest absolute Gasteiger partial charge is 0.240 e. The van der Waals surface area contributed by atoms with Crippen LogP contribution in [0.5, 0.6) is 0 Å². The number of benzene rings is 2. The highest BCUT2D eigenvalue weighted by molar-refractivity contribution is 7.89.